The number of hydrogen-bond acceptors (Lipinski definition) is 8. The number of aromatic amines is 2. The van der Waals surface area contributed by atoms with E-state index in [9.17, 15) is 17.6 Å². The highest BCUT2D eigenvalue weighted by atomic mass is 32.2. The van der Waals surface area contributed by atoms with Gasteiger partial charge in [-0.3, -0.25) is 19.9 Å². The van der Waals surface area contributed by atoms with Crippen LogP contribution in [0.1, 0.15) is 26.3 Å². The van der Waals surface area contributed by atoms with Gasteiger partial charge in [-0.2, -0.15) is 5.10 Å². The SMILES string of the molecule is CC(C)(C)C(=O)Nc1cncc(-c2cnc3n[nH]c(-c4nc5c(-c6cc(F)cc(CNS(C)(=O)=O)c6)nccc5[nH]4)c3c2)c1. The second kappa shape index (κ2) is 10.9. The Hall–Kier alpha value is -5.08. The topological polar surface area (TPSA) is 171 Å². The smallest absolute Gasteiger partial charge is 0.229 e. The van der Waals surface area contributed by atoms with Crippen LogP contribution in [0, 0.1) is 11.2 Å². The van der Waals surface area contributed by atoms with E-state index in [-0.39, 0.29) is 12.5 Å². The molecule has 0 unspecified atom stereocenters. The molecule has 0 spiro atoms. The zero-order valence-corrected chi connectivity index (χ0v) is 25.0. The molecule has 12 nitrogen and oxygen atoms in total. The van der Waals surface area contributed by atoms with Gasteiger partial charge in [0.2, 0.25) is 15.9 Å². The van der Waals surface area contributed by atoms with Gasteiger partial charge in [0.1, 0.15) is 17.0 Å². The Balaban J connectivity index is 1.37. The Labute approximate surface area is 251 Å². The van der Waals surface area contributed by atoms with Crippen LogP contribution in [0.3, 0.4) is 0 Å². The molecule has 5 aromatic heterocycles. The van der Waals surface area contributed by atoms with Crippen LogP contribution in [0.15, 0.2) is 61.2 Å². The molecule has 0 atom stereocenters. The minimum atomic E-state index is -3.46. The van der Waals surface area contributed by atoms with Gasteiger partial charge in [-0.1, -0.05) is 20.8 Å². The molecule has 0 aliphatic carbocycles. The minimum absolute atomic E-state index is 0.0672. The number of rotatable bonds is 7. The summed E-state index contributed by atoms with van der Waals surface area (Å²) < 4.78 is 40.1. The van der Waals surface area contributed by atoms with Gasteiger partial charge in [-0.25, -0.2) is 27.5 Å². The van der Waals surface area contributed by atoms with E-state index in [4.69, 9.17) is 4.98 Å². The molecule has 0 radical (unpaired) electrons. The van der Waals surface area contributed by atoms with E-state index in [0.29, 0.717) is 56.1 Å². The first-order valence-electron chi connectivity index (χ1n) is 13.5. The standard InChI is InChI=1S/C30H28FN9O3S/c1-30(2,3)29(41)36-21-10-18(13-32-15-21)19-11-22-25(39-40-27(22)34-14-19)28-37-23-5-6-33-24(26(23)38-28)17-7-16(8-20(31)9-17)12-35-44(4,42)43/h5-11,13-15,35H,12H2,1-4H3,(H,36,41)(H,37,38)(H,34,39,40). The van der Waals surface area contributed by atoms with Crippen molar-refractivity contribution in [1.29, 1.82) is 0 Å². The van der Waals surface area contributed by atoms with Gasteiger partial charge in [0, 0.05) is 47.2 Å². The average Bonchev–Trinajstić information content (AvgIpc) is 3.59. The van der Waals surface area contributed by atoms with E-state index in [1.807, 2.05) is 32.9 Å². The quantitative estimate of drug-likeness (QED) is 0.199. The predicted octanol–water partition coefficient (Wildman–Crippen LogP) is 4.80. The molecule has 0 saturated heterocycles. The number of amides is 1. The molecule has 0 saturated carbocycles. The predicted molar refractivity (Wildman–Crippen MR) is 165 cm³/mol. The van der Waals surface area contributed by atoms with E-state index in [1.165, 1.54) is 12.1 Å². The lowest BCUT2D eigenvalue weighted by atomic mass is 9.95. The maximum atomic E-state index is 14.6. The Morgan fingerprint density at radius 1 is 1.00 bits per heavy atom. The molecule has 44 heavy (non-hydrogen) atoms. The summed E-state index contributed by atoms with van der Waals surface area (Å²) in [6, 6.07) is 9.76. The van der Waals surface area contributed by atoms with Gasteiger partial charge in [0.25, 0.3) is 0 Å². The number of imidazole rings is 1. The molecule has 0 aliphatic rings. The molecule has 6 aromatic rings. The van der Waals surface area contributed by atoms with Crippen molar-refractivity contribution in [2.45, 2.75) is 27.3 Å². The summed E-state index contributed by atoms with van der Waals surface area (Å²) in [7, 11) is -3.46. The Morgan fingerprint density at radius 2 is 1.80 bits per heavy atom. The van der Waals surface area contributed by atoms with Crippen molar-refractivity contribution in [1.82, 2.24) is 39.8 Å². The first kappa shape index (κ1) is 29.0. The number of halogens is 1. The van der Waals surface area contributed by atoms with Crippen molar-refractivity contribution in [2.24, 2.45) is 5.41 Å². The van der Waals surface area contributed by atoms with Crippen LogP contribution >= 0.6 is 0 Å². The van der Waals surface area contributed by atoms with Crippen LogP contribution < -0.4 is 10.0 Å². The van der Waals surface area contributed by atoms with Gasteiger partial charge < -0.3 is 10.3 Å². The van der Waals surface area contributed by atoms with Crippen LogP contribution in [0.4, 0.5) is 10.1 Å². The molecule has 5 heterocycles. The molecule has 6 rings (SSSR count). The number of carbonyl (C=O) groups is 1. The van der Waals surface area contributed by atoms with Crippen LogP contribution in [-0.2, 0) is 21.4 Å². The summed E-state index contributed by atoms with van der Waals surface area (Å²) in [5.41, 5.74) is 5.04. The lowest BCUT2D eigenvalue weighted by molar-refractivity contribution is -0.123. The summed E-state index contributed by atoms with van der Waals surface area (Å²) in [5, 5.41) is 10.9. The van der Waals surface area contributed by atoms with E-state index < -0.39 is 21.3 Å². The van der Waals surface area contributed by atoms with E-state index in [2.05, 4.69) is 40.2 Å². The number of fused-ring (bicyclic) bond motifs is 2. The Bertz CT molecular complexity index is 2170. The number of hydrogen-bond donors (Lipinski definition) is 4. The fraction of sp³-hybridized carbons (Fsp3) is 0.200. The summed E-state index contributed by atoms with van der Waals surface area (Å²) in [5.74, 6) is -0.187. The number of sulfonamides is 1. The highest BCUT2D eigenvalue weighted by molar-refractivity contribution is 7.88. The van der Waals surface area contributed by atoms with Gasteiger partial charge in [-0.15, -0.1) is 0 Å². The fourth-order valence-corrected chi connectivity index (χ4v) is 5.02. The minimum Gasteiger partial charge on any atom is -0.337 e. The lowest BCUT2D eigenvalue weighted by Gasteiger charge is -2.17. The first-order chi connectivity index (χ1) is 20.8. The number of nitrogens with zero attached hydrogens (tertiary/aromatic N) is 5. The largest absolute Gasteiger partial charge is 0.337 e. The third kappa shape index (κ3) is 6.02. The summed E-state index contributed by atoms with van der Waals surface area (Å²) in [6.45, 7) is 5.44. The van der Waals surface area contributed by atoms with E-state index in [1.54, 1.807) is 36.9 Å². The number of carbonyl (C=O) groups excluding carboxylic acids is 1. The molecule has 14 heteroatoms. The lowest BCUT2D eigenvalue weighted by Crippen LogP contribution is -2.27. The molecule has 0 bridgehead atoms. The average molecular weight is 614 g/mol. The maximum absolute atomic E-state index is 14.6. The fourth-order valence-electron chi connectivity index (χ4n) is 4.59. The molecule has 1 aromatic carbocycles. The first-order valence-corrected chi connectivity index (χ1v) is 15.4. The Morgan fingerprint density at radius 3 is 2.57 bits per heavy atom. The second-order valence-corrected chi connectivity index (χ2v) is 13.3. The van der Waals surface area contributed by atoms with Crippen molar-refractivity contribution >= 4 is 43.7 Å². The number of H-pyrrole nitrogens is 2. The zero-order chi connectivity index (χ0) is 31.2. The Kier molecular flexibility index (Phi) is 7.18. The van der Waals surface area contributed by atoms with Crippen LogP contribution in [-0.4, -0.2) is 55.7 Å². The monoisotopic (exact) mass is 613 g/mol. The molecule has 0 fully saturated rings. The van der Waals surface area contributed by atoms with Crippen molar-refractivity contribution in [2.75, 3.05) is 11.6 Å². The van der Waals surface area contributed by atoms with Gasteiger partial charge >= 0.3 is 0 Å². The summed E-state index contributed by atoms with van der Waals surface area (Å²) >= 11 is 0. The third-order valence-electron chi connectivity index (χ3n) is 6.83. The van der Waals surface area contributed by atoms with E-state index >= 15 is 0 Å². The maximum Gasteiger partial charge on any atom is 0.229 e. The van der Waals surface area contributed by atoms with Gasteiger partial charge in [0.15, 0.2) is 11.5 Å². The van der Waals surface area contributed by atoms with Crippen LogP contribution in [0.25, 0.3) is 56.0 Å². The van der Waals surface area contributed by atoms with Crippen molar-refractivity contribution < 1.29 is 17.6 Å². The number of benzene rings is 1. The number of anilines is 1. The molecule has 4 N–H and O–H groups in total. The van der Waals surface area contributed by atoms with Gasteiger partial charge in [0.05, 0.1) is 34.7 Å². The molecule has 0 aliphatic heterocycles. The number of nitrogens with one attached hydrogen (secondary N) is 4. The molecule has 1 amide bonds. The number of pyridine rings is 3. The van der Waals surface area contributed by atoms with E-state index in [0.717, 1.165) is 17.4 Å². The number of aromatic nitrogens is 7. The second-order valence-electron chi connectivity index (χ2n) is 11.4. The van der Waals surface area contributed by atoms with Gasteiger partial charge in [-0.05, 0) is 42.0 Å². The van der Waals surface area contributed by atoms with Crippen LogP contribution in [0.5, 0.6) is 0 Å². The normalized spacial score (nSPS) is 12.2. The molecular weight excluding hydrogens is 585 g/mol. The highest BCUT2D eigenvalue weighted by Crippen LogP contribution is 2.32. The third-order valence-corrected chi connectivity index (χ3v) is 7.50. The van der Waals surface area contributed by atoms with Crippen molar-refractivity contribution in [3.8, 4) is 33.9 Å². The van der Waals surface area contributed by atoms with Crippen molar-refractivity contribution in [3.63, 3.8) is 0 Å². The highest BCUT2D eigenvalue weighted by Gasteiger charge is 2.22. The zero-order valence-electron chi connectivity index (χ0n) is 24.2. The van der Waals surface area contributed by atoms with Crippen molar-refractivity contribution in [3.05, 3.63) is 72.6 Å². The summed E-state index contributed by atoms with van der Waals surface area (Å²) in [6.07, 6.45) is 7.58. The molecular formula is C30H28FN9O3S. The van der Waals surface area contributed by atoms with Crippen LogP contribution in [0.2, 0.25) is 0 Å². The molecule has 224 valence electrons. The summed E-state index contributed by atoms with van der Waals surface area (Å²) in [4.78, 5) is 33.8.